The van der Waals surface area contributed by atoms with Crippen molar-refractivity contribution in [3.8, 4) is 0 Å². The Morgan fingerprint density at radius 3 is 2.48 bits per heavy atom. The molecule has 1 fully saturated rings. The SMILES string of the molecule is CC(C)C1=C2[C@H]3C[C@@H](O)C(CO)=C[C@H](O)[C@]3(C)CC[C@@]2(C)CC1. The highest BCUT2D eigenvalue weighted by molar-refractivity contribution is 5.37. The molecule has 0 radical (unpaired) electrons. The van der Waals surface area contributed by atoms with Crippen molar-refractivity contribution in [1.82, 2.24) is 0 Å². The van der Waals surface area contributed by atoms with E-state index in [0.29, 0.717) is 17.9 Å². The summed E-state index contributed by atoms with van der Waals surface area (Å²) in [7, 11) is 0. The van der Waals surface area contributed by atoms with Gasteiger partial charge in [0, 0.05) is 5.41 Å². The van der Waals surface area contributed by atoms with Crippen molar-refractivity contribution in [2.24, 2.45) is 22.7 Å². The minimum absolute atomic E-state index is 0.172. The maximum atomic E-state index is 10.9. The van der Waals surface area contributed by atoms with E-state index in [4.69, 9.17) is 0 Å². The summed E-state index contributed by atoms with van der Waals surface area (Å²) >= 11 is 0. The summed E-state index contributed by atoms with van der Waals surface area (Å²) in [5.41, 5.74) is 3.64. The first-order chi connectivity index (χ1) is 10.7. The lowest BCUT2D eigenvalue weighted by molar-refractivity contribution is -0.0142. The van der Waals surface area contributed by atoms with E-state index in [1.54, 1.807) is 11.6 Å². The molecule has 1 saturated carbocycles. The molecule has 0 spiro atoms. The zero-order valence-electron chi connectivity index (χ0n) is 15.0. The maximum absolute atomic E-state index is 10.9. The second-order valence-corrected chi connectivity index (χ2v) is 8.81. The smallest absolute Gasteiger partial charge is 0.0784 e. The number of rotatable bonds is 2. The van der Waals surface area contributed by atoms with Gasteiger partial charge in [-0.2, -0.15) is 0 Å². The lowest BCUT2D eigenvalue weighted by atomic mass is 9.54. The second-order valence-electron chi connectivity index (χ2n) is 8.81. The Balaban J connectivity index is 2.11. The van der Waals surface area contributed by atoms with E-state index in [9.17, 15) is 15.3 Å². The molecule has 3 aliphatic rings. The topological polar surface area (TPSA) is 60.7 Å². The van der Waals surface area contributed by atoms with Crippen LogP contribution in [0.25, 0.3) is 0 Å². The Morgan fingerprint density at radius 2 is 1.87 bits per heavy atom. The van der Waals surface area contributed by atoms with Crippen LogP contribution in [0.5, 0.6) is 0 Å². The Morgan fingerprint density at radius 1 is 1.17 bits per heavy atom. The van der Waals surface area contributed by atoms with Gasteiger partial charge in [-0.05, 0) is 54.9 Å². The van der Waals surface area contributed by atoms with Crippen LogP contribution in [0.1, 0.15) is 59.8 Å². The van der Waals surface area contributed by atoms with Crippen LogP contribution in [0.3, 0.4) is 0 Å². The number of aliphatic hydroxyl groups excluding tert-OH is 3. The van der Waals surface area contributed by atoms with Gasteiger partial charge in [-0.3, -0.25) is 0 Å². The van der Waals surface area contributed by atoms with Gasteiger partial charge in [0.15, 0.2) is 0 Å². The Bertz CT molecular complexity index is 547. The van der Waals surface area contributed by atoms with Crippen LogP contribution in [-0.2, 0) is 0 Å². The molecule has 5 atom stereocenters. The molecule has 0 aromatic rings. The average Bonchev–Trinajstić information content (AvgIpc) is 2.81. The standard InChI is InChI=1S/C20H32O3/c1-12(2)14-5-6-19(3)7-8-20(4)15(18(14)19)10-16(22)13(11-21)9-17(20)23/h9,12,15-17,21-23H,5-8,10-11H2,1-4H3/t15-,16-,17+,19-,20-/m1/s1. The third-order valence-corrected chi connectivity index (χ3v) is 7.12. The summed E-state index contributed by atoms with van der Waals surface area (Å²) in [4.78, 5) is 0. The molecule has 3 rings (SSSR count). The number of fused-ring (bicyclic) bond motifs is 3. The molecular formula is C20H32O3. The highest BCUT2D eigenvalue weighted by Gasteiger charge is 2.55. The first-order valence-electron chi connectivity index (χ1n) is 9.14. The first kappa shape index (κ1) is 17.2. The fourth-order valence-electron chi connectivity index (χ4n) is 5.40. The molecule has 3 N–H and O–H groups in total. The van der Waals surface area contributed by atoms with E-state index < -0.39 is 12.2 Å². The Labute approximate surface area is 140 Å². The van der Waals surface area contributed by atoms with Gasteiger partial charge < -0.3 is 15.3 Å². The molecule has 3 nitrogen and oxygen atoms in total. The van der Waals surface area contributed by atoms with Gasteiger partial charge in [0.05, 0.1) is 18.8 Å². The second kappa shape index (κ2) is 5.72. The number of aliphatic hydroxyl groups is 3. The van der Waals surface area contributed by atoms with Crippen molar-refractivity contribution in [2.45, 2.75) is 72.0 Å². The summed E-state index contributed by atoms with van der Waals surface area (Å²) in [5.74, 6) is 0.725. The van der Waals surface area contributed by atoms with Gasteiger partial charge in [-0.15, -0.1) is 0 Å². The van der Waals surface area contributed by atoms with Crippen LogP contribution < -0.4 is 0 Å². The van der Waals surface area contributed by atoms with E-state index in [1.807, 2.05) is 0 Å². The molecule has 0 saturated heterocycles. The van der Waals surface area contributed by atoms with Crippen LogP contribution >= 0.6 is 0 Å². The molecular weight excluding hydrogens is 288 g/mol. The molecule has 0 heterocycles. The highest BCUT2D eigenvalue weighted by atomic mass is 16.3. The number of hydrogen-bond donors (Lipinski definition) is 3. The fraction of sp³-hybridized carbons (Fsp3) is 0.800. The monoisotopic (exact) mass is 320 g/mol. The average molecular weight is 320 g/mol. The predicted molar refractivity (Wildman–Crippen MR) is 91.8 cm³/mol. The molecule has 3 heteroatoms. The van der Waals surface area contributed by atoms with Gasteiger partial charge in [-0.1, -0.05) is 44.9 Å². The number of hydrogen-bond acceptors (Lipinski definition) is 3. The van der Waals surface area contributed by atoms with Gasteiger partial charge in [0.2, 0.25) is 0 Å². The summed E-state index contributed by atoms with van der Waals surface area (Å²) in [6.45, 7) is 8.91. The lowest BCUT2D eigenvalue weighted by Gasteiger charge is -2.51. The highest BCUT2D eigenvalue weighted by Crippen LogP contribution is 2.63. The molecule has 3 aliphatic carbocycles. The van der Waals surface area contributed by atoms with Crippen molar-refractivity contribution in [3.05, 3.63) is 22.8 Å². The van der Waals surface area contributed by atoms with E-state index in [1.165, 1.54) is 12.0 Å². The first-order valence-corrected chi connectivity index (χ1v) is 9.14. The molecule has 130 valence electrons. The van der Waals surface area contributed by atoms with Gasteiger partial charge in [0.1, 0.15) is 0 Å². The third kappa shape index (κ3) is 2.52. The number of allylic oxidation sites excluding steroid dienone is 2. The minimum atomic E-state index is -0.648. The molecule has 0 bridgehead atoms. The van der Waals surface area contributed by atoms with Crippen molar-refractivity contribution in [2.75, 3.05) is 6.61 Å². The van der Waals surface area contributed by atoms with Crippen LogP contribution in [-0.4, -0.2) is 34.1 Å². The minimum Gasteiger partial charge on any atom is -0.392 e. The van der Waals surface area contributed by atoms with E-state index in [0.717, 1.165) is 19.3 Å². The molecule has 0 aromatic heterocycles. The Hall–Kier alpha value is -0.640. The van der Waals surface area contributed by atoms with Crippen LogP contribution in [0.4, 0.5) is 0 Å². The van der Waals surface area contributed by atoms with Crippen molar-refractivity contribution in [1.29, 1.82) is 0 Å². The summed E-state index contributed by atoms with van der Waals surface area (Å²) in [5, 5.41) is 31.0. The van der Waals surface area contributed by atoms with E-state index in [2.05, 4.69) is 27.7 Å². The fourth-order valence-corrected chi connectivity index (χ4v) is 5.40. The molecule has 0 aliphatic heterocycles. The van der Waals surface area contributed by atoms with Gasteiger partial charge >= 0.3 is 0 Å². The molecule has 23 heavy (non-hydrogen) atoms. The molecule has 0 unspecified atom stereocenters. The van der Waals surface area contributed by atoms with Crippen LogP contribution in [0.15, 0.2) is 22.8 Å². The third-order valence-electron chi connectivity index (χ3n) is 7.12. The zero-order valence-corrected chi connectivity index (χ0v) is 15.0. The Kier molecular flexibility index (Phi) is 4.27. The van der Waals surface area contributed by atoms with E-state index in [-0.39, 0.29) is 23.4 Å². The summed E-state index contributed by atoms with van der Waals surface area (Å²) in [6, 6.07) is 0. The zero-order chi connectivity index (χ0) is 17.0. The largest absolute Gasteiger partial charge is 0.392 e. The van der Waals surface area contributed by atoms with Crippen LogP contribution in [0.2, 0.25) is 0 Å². The van der Waals surface area contributed by atoms with Crippen LogP contribution in [0, 0.1) is 22.7 Å². The van der Waals surface area contributed by atoms with Crippen molar-refractivity contribution < 1.29 is 15.3 Å². The normalized spacial score (nSPS) is 44.0. The quantitative estimate of drug-likeness (QED) is 0.685. The van der Waals surface area contributed by atoms with Crippen molar-refractivity contribution >= 4 is 0 Å². The molecule has 0 aromatic carbocycles. The molecule has 0 amide bonds. The lowest BCUT2D eigenvalue weighted by Crippen LogP contribution is -2.46. The van der Waals surface area contributed by atoms with Gasteiger partial charge in [-0.25, -0.2) is 0 Å². The van der Waals surface area contributed by atoms with Gasteiger partial charge in [0.25, 0.3) is 0 Å². The summed E-state index contributed by atoms with van der Waals surface area (Å²) in [6.07, 6.45) is 5.55. The summed E-state index contributed by atoms with van der Waals surface area (Å²) < 4.78 is 0. The van der Waals surface area contributed by atoms with E-state index >= 15 is 0 Å². The maximum Gasteiger partial charge on any atom is 0.0784 e. The predicted octanol–water partition coefficient (Wildman–Crippen LogP) is 3.20. The van der Waals surface area contributed by atoms with Crippen molar-refractivity contribution in [3.63, 3.8) is 0 Å².